The maximum atomic E-state index is 8.52. The summed E-state index contributed by atoms with van der Waals surface area (Å²) in [6.45, 7) is 1.36. The SMILES string of the molecule is OCCSSC1=CCCCN1. The second-order valence-corrected chi connectivity index (χ2v) is 4.72. The molecule has 0 aromatic rings. The summed E-state index contributed by atoms with van der Waals surface area (Å²) in [4.78, 5) is 0. The Bertz CT molecular complexity index is 138. The molecule has 0 aliphatic carbocycles. The molecule has 0 amide bonds. The summed E-state index contributed by atoms with van der Waals surface area (Å²) in [6.07, 6.45) is 4.66. The van der Waals surface area contributed by atoms with Crippen LogP contribution in [0.3, 0.4) is 0 Å². The summed E-state index contributed by atoms with van der Waals surface area (Å²) in [7, 11) is 3.42. The van der Waals surface area contributed by atoms with Crippen LogP contribution in [0, 0.1) is 0 Å². The molecule has 64 valence electrons. The van der Waals surface area contributed by atoms with Crippen molar-refractivity contribution in [2.24, 2.45) is 0 Å². The highest BCUT2D eigenvalue weighted by molar-refractivity contribution is 8.78. The van der Waals surface area contributed by atoms with Gasteiger partial charge in [-0.1, -0.05) is 16.9 Å². The van der Waals surface area contributed by atoms with Gasteiger partial charge < -0.3 is 10.4 Å². The van der Waals surface area contributed by atoms with E-state index in [1.807, 2.05) is 0 Å². The molecule has 0 radical (unpaired) electrons. The van der Waals surface area contributed by atoms with Gasteiger partial charge in [-0.05, 0) is 23.6 Å². The van der Waals surface area contributed by atoms with E-state index in [4.69, 9.17) is 5.11 Å². The standard InChI is InChI=1S/C7H13NOS2/c9-5-6-10-11-7-3-1-2-4-8-7/h3,8-9H,1-2,4-6H2. The van der Waals surface area contributed by atoms with Gasteiger partial charge in [0.15, 0.2) is 0 Å². The summed E-state index contributed by atoms with van der Waals surface area (Å²) in [5.74, 6) is 0.809. The number of aliphatic hydroxyl groups excluding tert-OH is 1. The first-order valence-corrected chi connectivity index (χ1v) is 6.10. The molecule has 0 saturated heterocycles. The molecule has 0 spiro atoms. The Morgan fingerprint density at radius 1 is 1.64 bits per heavy atom. The van der Waals surface area contributed by atoms with Crippen molar-refractivity contribution in [2.45, 2.75) is 12.8 Å². The molecule has 0 bridgehead atoms. The summed E-state index contributed by atoms with van der Waals surface area (Å²) < 4.78 is 0. The number of rotatable bonds is 4. The molecule has 0 unspecified atom stereocenters. The molecule has 1 heterocycles. The van der Waals surface area contributed by atoms with Crippen molar-refractivity contribution >= 4 is 21.6 Å². The lowest BCUT2D eigenvalue weighted by atomic mass is 10.2. The van der Waals surface area contributed by atoms with E-state index in [1.54, 1.807) is 21.6 Å². The number of hydrogen-bond donors (Lipinski definition) is 2. The lowest BCUT2D eigenvalue weighted by Gasteiger charge is -2.13. The zero-order valence-corrected chi connectivity index (χ0v) is 8.01. The van der Waals surface area contributed by atoms with Crippen molar-refractivity contribution in [2.75, 3.05) is 18.9 Å². The van der Waals surface area contributed by atoms with Crippen molar-refractivity contribution < 1.29 is 5.11 Å². The number of allylic oxidation sites excluding steroid dienone is 1. The van der Waals surface area contributed by atoms with Crippen LogP contribution in [0.15, 0.2) is 11.1 Å². The zero-order valence-electron chi connectivity index (χ0n) is 6.38. The predicted octanol–water partition coefficient (Wildman–Crippen LogP) is 1.58. The Morgan fingerprint density at radius 3 is 3.18 bits per heavy atom. The molecule has 1 aliphatic rings. The van der Waals surface area contributed by atoms with Gasteiger partial charge in [-0.25, -0.2) is 0 Å². The van der Waals surface area contributed by atoms with E-state index in [9.17, 15) is 0 Å². The van der Waals surface area contributed by atoms with E-state index >= 15 is 0 Å². The van der Waals surface area contributed by atoms with Crippen LogP contribution in [0.2, 0.25) is 0 Å². The fourth-order valence-electron chi connectivity index (χ4n) is 0.825. The van der Waals surface area contributed by atoms with Crippen LogP contribution in [-0.4, -0.2) is 24.0 Å². The molecule has 0 saturated carbocycles. The van der Waals surface area contributed by atoms with Crippen molar-refractivity contribution in [3.63, 3.8) is 0 Å². The van der Waals surface area contributed by atoms with Gasteiger partial charge >= 0.3 is 0 Å². The Balaban J connectivity index is 2.09. The normalized spacial score (nSPS) is 17.4. The maximum Gasteiger partial charge on any atom is 0.0748 e. The molecule has 0 atom stereocenters. The molecule has 2 nitrogen and oxygen atoms in total. The van der Waals surface area contributed by atoms with Crippen molar-refractivity contribution in [1.29, 1.82) is 0 Å². The third-order valence-corrected chi connectivity index (χ3v) is 3.68. The fraction of sp³-hybridized carbons (Fsp3) is 0.714. The Hall–Kier alpha value is 0.200. The lowest BCUT2D eigenvalue weighted by Crippen LogP contribution is -2.15. The summed E-state index contributed by atoms with van der Waals surface area (Å²) in [5.41, 5.74) is 0. The molecule has 4 heteroatoms. The van der Waals surface area contributed by atoms with Crippen molar-refractivity contribution in [1.82, 2.24) is 5.32 Å². The zero-order chi connectivity index (χ0) is 7.94. The molecule has 0 aromatic heterocycles. The average Bonchev–Trinajstić information content (AvgIpc) is 2.07. The monoisotopic (exact) mass is 191 g/mol. The molecule has 0 aromatic carbocycles. The molecule has 0 fully saturated rings. The van der Waals surface area contributed by atoms with Crippen LogP contribution >= 0.6 is 21.6 Å². The highest BCUT2D eigenvalue weighted by atomic mass is 33.1. The summed E-state index contributed by atoms with van der Waals surface area (Å²) >= 11 is 0. The van der Waals surface area contributed by atoms with Crippen LogP contribution in [-0.2, 0) is 0 Å². The maximum absolute atomic E-state index is 8.52. The first-order chi connectivity index (χ1) is 5.43. The predicted molar refractivity (Wildman–Crippen MR) is 52.5 cm³/mol. The van der Waals surface area contributed by atoms with Crippen LogP contribution in [0.1, 0.15) is 12.8 Å². The minimum Gasteiger partial charge on any atom is -0.395 e. The first-order valence-electron chi connectivity index (χ1n) is 3.78. The third kappa shape index (κ3) is 3.94. The van der Waals surface area contributed by atoms with E-state index in [1.165, 1.54) is 17.9 Å². The largest absolute Gasteiger partial charge is 0.395 e. The van der Waals surface area contributed by atoms with Gasteiger partial charge in [0.25, 0.3) is 0 Å². The quantitative estimate of drug-likeness (QED) is 0.522. The van der Waals surface area contributed by atoms with Gasteiger partial charge in [0.05, 0.1) is 11.6 Å². The first kappa shape index (κ1) is 9.29. The smallest absolute Gasteiger partial charge is 0.0748 e. The molecular formula is C7H13NOS2. The lowest BCUT2D eigenvalue weighted by molar-refractivity contribution is 0.323. The average molecular weight is 191 g/mol. The van der Waals surface area contributed by atoms with Crippen LogP contribution in [0.4, 0.5) is 0 Å². The Kier molecular flexibility index (Phi) is 4.90. The minimum atomic E-state index is 0.269. The molecule has 1 aliphatic heterocycles. The van der Waals surface area contributed by atoms with E-state index in [0.29, 0.717) is 0 Å². The van der Waals surface area contributed by atoms with Crippen LogP contribution in [0.5, 0.6) is 0 Å². The number of nitrogens with one attached hydrogen (secondary N) is 1. The summed E-state index contributed by atoms with van der Waals surface area (Å²) in [5, 5.41) is 13.1. The fourth-order valence-corrected chi connectivity index (χ4v) is 2.69. The minimum absolute atomic E-state index is 0.269. The van der Waals surface area contributed by atoms with E-state index in [-0.39, 0.29) is 6.61 Å². The van der Waals surface area contributed by atoms with E-state index in [2.05, 4.69) is 11.4 Å². The van der Waals surface area contributed by atoms with E-state index < -0.39 is 0 Å². The number of aliphatic hydroxyl groups is 1. The van der Waals surface area contributed by atoms with Gasteiger partial charge in [0.2, 0.25) is 0 Å². The molecule has 2 N–H and O–H groups in total. The number of hydrogen-bond acceptors (Lipinski definition) is 4. The highest BCUT2D eigenvalue weighted by Gasteiger charge is 2.01. The van der Waals surface area contributed by atoms with Gasteiger partial charge in [0.1, 0.15) is 0 Å². The molecule has 1 rings (SSSR count). The second kappa shape index (κ2) is 5.80. The topological polar surface area (TPSA) is 32.3 Å². The molecule has 11 heavy (non-hydrogen) atoms. The van der Waals surface area contributed by atoms with Crippen molar-refractivity contribution in [3.05, 3.63) is 11.1 Å². The third-order valence-electron chi connectivity index (χ3n) is 1.33. The Labute approximate surface area is 75.2 Å². The van der Waals surface area contributed by atoms with Crippen LogP contribution < -0.4 is 5.32 Å². The Morgan fingerprint density at radius 2 is 2.55 bits per heavy atom. The van der Waals surface area contributed by atoms with Crippen molar-refractivity contribution in [3.8, 4) is 0 Å². The van der Waals surface area contributed by atoms with Gasteiger partial charge in [-0.3, -0.25) is 0 Å². The molecular weight excluding hydrogens is 178 g/mol. The summed E-state index contributed by atoms with van der Waals surface area (Å²) in [6, 6.07) is 0. The van der Waals surface area contributed by atoms with Gasteiger partial charge in [-0.15, -0.1) is 0 Å². The van der Waals surface area contributed by atoms with E-state index in [0.717, 1.165) is 12.3 Å². The van der Waals surface area contributed by atoms with Gasteiger partial charge in [-0.2, -0.15) is 0 Å². The van der Waals surface area contributed by atoms with Gasteiger partial charge in [0, 0.05) is 12.3 Å². The highest BCUT2D eigenvalue weighted by Crippen LogP contribution is 2.29. The second-order valence-electron chi connectivity index (χ2n) is 2.27. The van der Waals surface area contributed by atoms with Crippen LogP contribution in [0.25, 0.3) is 0 Å².